The molecule has 0 radical (unpaired) electrons. The molecule has 0 saturated carbocycles. The molecular formula is C34H36FN3O7. The Kier molecular flexibility index (Phi) is 10.6. The Hall–Kier alpha value is -4.58. The molecule has 1 aliphatic carbocycles. The minimum Gasteiger partial charge on any atom is -0.494 e. The number of methoxy groups -OCH3 is 2. The molecule has 0 spiro atoms. The van der Waals surface area contributed by atoms with Crippen LogP contribution < -0.4 is 25.4 Å². The van der Waals surface area contributed by atoms with E-state index in [1.54, 1.807) is 13.2 Å². The van der Waals surface area contributed by atoms with Gasteiger partial charge in [0.2, 0.25) is 0 Å². The average molecular weight is 618 g/mol. The summed E-state index contributed by atoms with van der Waals surface area (Å²) in [6.45, 7) is 2.11. The van der Waals surface area contributed by atoms with Gasteiger partial charge in [-0.25, -0.2) is 4.39 Å². The van der Waals surface area contributed by atoms with Gasteiger partial charge in [-0.05, 0) is 53.9 Å². The minimum absolute atomic E-state index is 0.0499. The number of carbonyl (C=O) groups is 3. The van der Waals surface area contributed by atoms with Crippen molar-refractivity contribution < 1.29 is 37.7 Å². The van der Waals surface area contributed by atoms with Gasteiger partial charge in [-0.1, -0.05) is 30.4 Å². The van der Waals surface area contributed by atoms with Crippen molar-refractivity contribution in [2.45, 2.75) is 18.5 Å². The predicted octanol–water partition coefficient (Wildman–Crippen LogP) is 3.18. The summed E-state index contributed by atoms with van der Waals surface area (Å²) in [5.41, 5.74) is 3.00. The fourth-order valence-corrected chi connectivity index (χ4v) is 5.29. The number of carbonyl (C=O) groups excluding carboxylic acids is 3. The van der Waals surface area contributed by atoms with Gasteiger partial charge in [0.1, 0.15) is 17.9 Å². The molecule has 0 unspecified atom stereocenters. The number of ketones is 1. The van der Waals surface area contributed by atoms with E-state index >= 15 is 4.39 Å². The standard InChI is InChI=1S/C34H36FN3O7/c1-42-14-15-44-16-17-45-28-12-13-29(43-2)31(35)30(28)32(39)22-7-9-23(10-8-22)33(40)37-26-19-36-20-27(26)38-34(41)25-11-6-21-4-3-5-24(21)18-25/h3-4,6-13,18,26-27,36H,5,14-17,19-20H2,1-2H3,(H,37,40)(H,38,41)/t26-,27-/m1/s1. The molecule has 3 aromatic rings. The van der Waals surface area contributed by atoms with E-state index < -0.39 is 11.6 Å². The molecule has 1 saturated heterocycles. The van der Waals surface area contributed by atoms with Crippen molar-refractivity contribution in [3.8, 4) is 11.5 Å². The van der Waals surface area contributed by atoms with E-state index in [2.05, 4.69) is 22.0 Å². The number of ether oxygens (including phenoxy) is 4. The number of benzene rings is 3. The minimum atomic E-state index is -0.847. The van der Waals surface area contributed by atoms with Crippen LogP contribution in [0.4, 0.5) is 4.39 Å². The Labute approximate surface area is 260 Å². The van der Waals surface area contributed by atoms with Crippen molar-refractivity contribution >= 4 is 23.7 Å². The van der Waals surface area contributed by atoms with Gasteiger partial charge in [0.25, 0.3) is 11.8 Å². The van der Waals surface area contributed by atoms with Gasteiger partial charge in [-0.15, -0.1) is 0 Å². The number of nitrogens with one attached hydrogen (secondary N) is 3. The Morgan fingerprint density at radius 3 is 2.18 bits per heavy atom. The van der Waals surface area contributed by atoms with E-state index in [-0.39, 0.29) is 59.7 Å². The van der Waals surface area contributed by atoms with Crippen LogP contribution in [0.15, 0.2) is 60.7 Å². The third-order valence-electron chi connectivity index (χ3n) is 7.73. The largest absolute Gasteiger partial charge is 0.494 e. The van der Waals surface area contributed by atoms with E-state index in [0.717, 1.165) is 17.5 Å². The molecule has 10 nitrogen and oxygen atoms in total. The second-order valence-electron chi connectivity index (χ2n) is 10.7. The second kappa shape index (κ2) is 14.9. The lowest BCUT2D eigenvalue weighted by atomic mass is 10.00. The fourth-order valence-electron chi connectivity index (χ4n) is 5.29. The normalized spacial score (nSPS) is 16.7. The highest BCUT2D eigenvalue weighted by molar-refractivity contribution is 6.11. The maximum Gasteiger partial charge on any atom is 0.251 e. The number of hydrogen-bond donors (Lipinski definition) is 3. The molecule has 3 aromatic carbocycles. The monoisotopic (exact) mass is 617 g/mol. The highest BCUT2D eigenvalue weighted by Crippen LogP contribution is 2.31. The van der Waals surface area contributed by atoms with Crippen LogP contribution in [-0.4, -0.2) is 83.4 Å². The average Bonchev–Trinajstić information content (AvgIpc) is 3.71. The summed E-state index contributed by atoms with van der Waals surface area (Å²) >= 11 is 0. The molecule has 1 fully saturated rings. The molecule has 11 heteroatoms. The van der Waals surface area contributed by atoms with Crippen molar-refractivity contribution in [3.05, 3.63) is 99.9 Å². The van der Waals surface area contributed by atoms with E-state index in [4.69, 9.17) is 18.9 Å². The SMILES string of the molecule is COCCOCCOc1ccc(OC)c(F)c1C(=O)c1ccc(C(=O)N[C@@H]2CNC[C@H]2NC(=O)c2ccc3c(c2)CC=C3)cc1. The van der Waals surface area contributed by atoms with Gasteiger partial charge in [-0.3, -0.25) is 14.4 Å². The highest BCUT2D eigenvalue weighted by atomic mass is 19.1. The van der Waals surface area contributed by atoms with Crippen LogP contribution in [0.25, 0.3) is 6.08 Å². The van der Waals surface area contributed by atoms with E-state index in [0.29, 0.717) is 37.4 Å². The topological polar surface area (TPSA) is 124 Å². The van der Waals surface area contributed by atoms with Gasteiger partial charge in [0, 0.05) is 36.9 Å². The lowest BCUT2D eigenvalue weighted by Gasteiger charge is -2.21. The van der Waals surface area contributed by atoms with Crippen LogP contribution in [0, 0.1) is 5.82 Å². The first-order chi connectivity index (χ1) is 21.9. The Morgan fingerprint density at radius 2 is 1.47 bits per heavy atom. The van der Waals surface area contributed by atoms with Crippen molar-refractivity contribution in [1.82, 2.24) is 16.0 Å². The maximum atomic E-state index is 15.3. The highest BCUT2D eigenvalue weighted by Gasteiger charge is 2.31. The van der Waals surface area contributed by atoms with E-state index in [9.17, 15) is 14.4 Å². The van der Waals surface area contributed by atoms with Gasteiger partial charge < -0.3 is 34.9 Å². The smallest absolute Gasteiger partial charge is 0.251 e. The van der Waals surface area contributed by atoms with Crippen LogP contribution in [0.1, 0.15) is 47.8 Å². The third kappa shape index (κ3) is 7.56. The van der Waals surface area contributed by atoms with Crippen molar-refractivity contribution in [2.75, 3.05) is 53.7 Å². The Morgan fingerprint density at radius 1 is 0.822 bits per heavy atom. The van der Waals surface area contributed by atoms with Crippen LogP contribution in [0.3, 0.4) is 0 Å². The zero-order valence-corrected chi connectivity index (χ0v) is 25.2. The first-order valence-electron chi connectivity index (χ1n) is 14.7. The summed E-state index contributed by atoms with van der Waals surface area (Å²) in [7, 11) is 2.88. The summed E-state index contributed by atoms with van der Waals surface area (Å²) in [5.74, 6) is -2.09. The molecule has 1 heterocycles. The number of amides is 2. The van der Waals surface area contributed by atoms with Crippen LogP contribution in [-0.2, 0) is 15.9 Å². The molecule has 45 heavy (non-hydrogen) atoms. The summed E-state index contributed by atoms with van der Waals surface area (Å²) < 4.78 is 36.4. The quantitative estimate of drug-likeness (QED) is 0.186. The molecule has 2 aliphatic rings. The molecule has 2 atom stereocenters. The molecule has 236 valence electrons. The number of allylic oxidation sites excluding steroid dienone is 1. The molecular weight excluding hydrogens is 581 g/mol. The van der Waals surface area contributed by atoms with Gasteiger partial charge in [0.05, 0.1) is 39.0 Å². The van der Waals surface area contributed by atoms with E-state index in [1.807, 2.05) is 18.2 Å². The fraction of sp³-hybridized carbons (Fsp3) is 0.324. The third-order valence-corrected chi connectivity index (χ3v) is 7.73. The van der Waals surface area contributed by atoms with Crippen molar-refractivity contribution in [2.24, 2.45) is 0 Å². The lowest BCUT2D eigenvalue weighted by molar-refractivity contribution is 0.0541. The Bertz CT molecular complexity index is 1570. The molecule has 3 N–H and O–H groups in total. The summed E-state index contributed by atoms with van der Waals surface area (Å²) in [5, 5.41) is 9.21. The van der Waals surface area contributed by atoms with Crippen LogP contribution in [0.5, 0.6) is 11.5 Å². The first kappa shape index (κ1) is 31.8. The van der Waals surface area contributed by atoms with Crippen molar-refractivity contribution in [1.29, 1.82) is 0 Å². The van der Waals surface area contributed by atoms with Crippen LogP contribution in [0.2, 0.25) is 0 Å². The molecule has 2 amide bonds. The van der Waals surface area contributed by atoms with Gasteiger partial charge in [0.15, 0.2) is 17.3 Å². The Balaban J connectivity index is 1.22. The summed E-state index contributed by atoms with van der Waals surface area (Å²) in [4.78, 5) is 39.5. The zero-order chi connectivity index (χ0) is 31.8. The van der Waals surface area contributed by atoms with Gasteiger partial charge >= 0.3 is 0 Å². The molecule has 1 aliphatic heterocycles. The number of hydrogen-bond acceptors (Lipinski definition) is 8. The maximum absolute atomic E-state index is 15.3. The van der Waals surface area contributed by atoms with E-state index in [1.165, 1.54) is 43.5 Å². The lowest BCUT2D eigenvalue weighted by Crippen LogP contribution is -2.51. The molecule has 0 aromatic heterocycles. The second-order valence-corrected chi connectivity index (χ2v) is 10.7. The first-order valence-corrected chi connectivity index (χ1v) is 14.7. The molecule has 0 bridgehead atoms. The summed E-state index contributed by atoms with van der Waals surface area (Å²) in [6, 6.07) is 13.8. The summed E-state index contributed by atoms with van der Waals surface area (Å²) in [6.07, 6.45) is 4.91. The van der Waals surface area contributed by atoms with Crippen LogP contribution >= 0.6 is 0 Å². The number of halogens is 1. The zero-order valence-electron chi connectivity index (χ0n) is 25.2. The predicted molar refractivity (Wildman–Crippen MR) is 166 cm³/mol. The number of rotatable bonds is 14. The molecule has 5 rings (SSSR count). The van der Waals surface area contributed by atoms with Crippen molar-refractivity contribution in [3.63, 3.8) is 0 Å². The number of fused-ring (bicyclic) bond motifs is 1. The van der Waals surface area contributed by atoms with Gasteiger partial charge in [-0.2, -0.15) is 0 Å².